The smallest absolute Gasteiger partial charge is 0.235 e. The van der Waals surface area contributed by atoms with Crippen LogP contribution >= 0.6 is 11.3 Å². The molecule has 0 aliphatic carbocycles. The summed E-state index contributed by atoms with van der Waals surface area (Å²) in [7, 11) is 3.23. The predicted octanol–water partition coefficient (Wildman–Crippen LogP) is 2.33. The van der Waals surface area contributed by atoms with E-state index >= 15 is 0 Å². The highest BCUT2D eigenvalue weighted by molar-refractivity contribution is 7.19. The molecule has 0 radical (unpaired) electrons. The third-order valence-electron chi connectivity index (χ3n) is 3.42. The number of ether oxygens (including phenoxy) is 2. The Morgan fingerprint density at radius 3 is 2.50 bits per heavy atom. The molecule has 3 aromatic heterocycles. The van der Waals surface area contributed by atoms with Gasteiger partial charge in [0.2, 0.25) is 10.8 Å². The quantitative estimate of drug-likeness (QED) is 0.563. The molecule has 0 fully saturated rings. The van der Waals surface area contributed by atoms with Crippen molar-refractivity contribution in [3.63, 3.8) is 0 Å². The fourth-order valence-electron chi connectivity index (χ4n) is 2.35. The fraction of sp³-hybridized carbons (Fsp3) is 0.133. The topological polar surface area (TPSA) is 87.3 Å². The van der Waals surface area contributed by atoms with E-state index in [1.54, 1.807) is 37.3 Å². The molecule has 0 amide bonds. The van der Waals surface area contributed by atoms with E-state index in [9.17, 15) is 0 Å². The van der Waals surface area contributed by atoms with Crippen molar-refractivity contribution in [3.8, 4) is 33.6 Å². The molecule has 120 valence electrons. The van der Waals surface area contributed by atoms with Crippen molar-refractivity contribution in [2.45, 2.75) is 0 Å². The van der Waals surface area contributed by atoms with Crippen LogP contribution in [0.15, 0.2) is 36.8 Å². The lowest BCUT2D eigenvalue weighted by Gasteiger charge is -2.10. The van der Waals surface area contributed by atoms with Crippen molar-refractivity contribution in [1.29, 1.82) is 0 Å². The van der Waals surface area contributed by atoms with Crippen LogP contribution in [0.5, 0.6) is 11.5 Å². The third-order valence-corrected chi connectivity index (χ3v) is 4.34. The molecule has 8 nitrogen and oxygen atoms in total. The number of rotatable bonds is 4. The SMILES string of the molecule is COc1cccc(OC)c1-c1nn2c(-c3cnccn3)nnc2s1. The second-order valence-corrected chi connectivity index (χ2v) is 5.71. The molecule has 0 spiro atoms. The molecule has 24 heavy (non-hydrogen) atoms. The molecular weight excluding hydrogens is 328 g/mol. The fourth-order valence-corrected chi connectivity index (χ4v) is 3.25. The van der Waals surface area contributed by atoms with Gasteiger partial charge in [-0.1, -0.05) is 17.4 Å². The summed E-state index contributed by atoms with van der Waals surface area (Å²) in [6, 6.07) is 5.60. The summed E-state index contributed by atoms with van der Waals surface area (Å²) in [5.74, 6) is 1.90. The number of hydrogen-bond donors (Lipinski definition) is 0. The summed E-state index contributed by atoms with van der Waals surface area (Å²) in [5.41, 5.74) is 1.39. The van der Waals surface area contributed by atoms with Crippen molar-refractivity contribution in [2.24, 2.45) is 0 Å². The van der Waals surface area contributed by atoms with Crippen molar-refractivity contribution in [1.82, 2.24) is 29.8 Å². The van der Waals surface area contributed by atoms with Gasteiger partial charge in [0.25, 0.3) is 0 Å². The van der Waals surface area contributed by atoms with Crippen LogP contribution < -0.4 is 9.47 Å². The van der Waals surface area contributed by atoms with Crippen LogP contribution in [0.2, 0.25) is 0 Å². The number of benzene rings is 1. The summed E-state index contributed by atoms with van der Waals surface area (Å²) < 4.78 is 12.5. The number of methoxy groups -OCH3 is 2. The third kappa shape index (κ3) is 2.26. The molecule has 4 aromatic rings. The largest absolute Gasteiger partial charge is 0.496 e. The standard InChI is InChI=1S/C15H12N6O2S/c1-22-10-4-3-5-11(23-2)12(10)14-20-21-13(18-19-15(21)24-14)9-8-16-6-7-17-9/h3-8H,1-2H3. The summed E-state index contributed by atoms with van der Waals surface area (Å²) in [5, 5.41) is 13.7. The van der Waals surface area contributed by atoms with Crippen molar-refractivity contribution < 1.29 is 9.47 Å². The van der Waals surface area contributed by atoms with Gasteiger partial charge in [-0.25, -0.2) is 4.98 Å². The van der Waals surface area contributed by atoms with Gasteiger partial charge in [-0.2, -0.15) is 9.61 Å². The Kier molecular flexibility index (Phi) is 3.54. The molecule has 1 aromatic carbocycles. The summed E-state index contributed by atoms with van der Waals surface area (Å²) in [6.07, 6.45) is 4.83. The number of aromatic nitrogens is 6. The van der Waals surface area contributed by atoms with Gasteiger partial charge in [-0.3, -0.25) is 4.98 Å². The van der Waals surface area contributed by atoms with E-state index in [4.69, 9.17) is 9.47 Å². The maximum Gasteiger partial charge on any atom is 0.235 e. The van der Waals surface area contributed by atoms with Gasteiger partial charge >= 0.3 is 0 Å². The van der Waals surface area contributed by atoms with Gasteiger partial charge in [-0.15, -0.1) is 10.2 Å². The first-order chi connectivity index (χ1) is 11.8. The van der Waals surface area contributed by atoms with E-state index in [1.165, 1.54) is 11.3 Å². The molecule has 0 atom stereocenters. The average molecular weight is 340 g/mol. The number of nitrogens with zero attached hydrogens (tertiary/aromatic N) is 6. The Bertz CT molecular complexity index is 976. The molecule has 0 bridgehead atoms. The molecule has 4 rings (SSSR count). The molecule has 3 heterocycles. The lowest BCUT2D eigenvalue weighted by atomic mass is 10.2. The van der Waals surface area contributed by atoms with E-state index in [1.807, 2.05) is 18.2 Å². The van der Waals surface area contributed by atoms with Crippen LogP contribution in [0, 0.1) is 0 Å². The van der Waals surface area contributed by atoms with Crippen LogP contribution in [0.3, 0.4) is 0 Å². The number of fused-ring (bicyclic) bond motifs is 1. The summed E-state index contributed by atoms with van der Waals surface area (Å²) in [6.45, 7) is 0. The molecule has 0 unspecified atom stereocenters. The Morgan fingerprint density at radius 1 is 1.04 bits per heavy atom. The van der Waals surface area contributed by atoms with Crippen molar-refractivity contribution in [2.75, 3.05) is 14.2 Å². The monoisotopic (exact) mass is 340 g/mol. The van der Waals surface area contributed by atoms with Crippen LogP contribution in [-0.4, -0.2) is 44.0 Å². The minimum Gasteiger partial charge on any atom is -0.496 e. The van der Waals surface area contributed by atoms with Gasteiger partial charge in [0.15, 0.2) is 5.01 Å². The lowest BCUT2D eigenvalue weighted by molar-refractivity contribution is 0.397. The Hall–Kier alpha value is -3.07. The molecular formula is C15H12N6O2S. The van der Waals surface area contributed by atoms with Gasteiger partial charge < -0.3 is 9.47 Å². The van der Waals surface area contributed by atoms with Crippen LogP contribution in [-0.2, 0) is 0 Å². The first kappa shape index (κ1) is 14.5. The molecule has 0 aliphatic rings. The van der Waals surface area contributed by atoms with Crippen LogP contribution in [0.4, 0.5) is 0 Å². The Morgan fingerprint density at radius 2 is 1.83 bits per heavy atom. The maximum absolute atomic E-state index is 5.45. The molecule has 0 aliphatic heterocycles. The van der Waals surface area contributed by atoms with Crippen molar-refractivity contribution in [3.05, 3.63) is 36.8 Å². The second kappa shape index (κ2) is 5.85. The zero-order chi connectivity index (χ0) is 16.5. The molecule has 0 saturated heterocycles. The van der Waals surface area contributed by atoms with Gasteiger partial charge in [0.05, 0.1) is 26.0 Å². The highest BCUT2D eigenvalue weighted by atomic mass is 32.1. The van der Waals surface area contributed by atoms with E-state index in [2.05, 4.69) is 25.3 Å². The van der Waals surface area contributed by atoms with Crippen molar-refractivity contribution >= 4 is 16.3 Å². The van der Waals surface area contributed by atoms with Crippen LogP contribution in [0.25, 0.3) is 27.1 Å². The highest BCUT2D eigenvalue weighted by Crippen LogP contribution is 2.40. The Labute approximate surface area is 140 Å². The highest BCUT2D eigenvalue weighted by Gasteiger charge is 2.20. The van der Waals surface area contributed by atoms with E-state index in [-0.39, 0.29) is 0 Å². The summed E-state index contributed by atoms with van der Waals surface area (Å²) in [4.78, 5) is 8.96. The maximum atomic E-state index is 5.45. The van der Waals surface area contributed by atoms with Gasteiger partial charge in [0.1, 0.15) is 17.2 Å². The zero-order valence-electron chi connectivity index (χ0n) is 12.9. The lowest BCUT2D eigenvalue weighted by Crippen LogP contribution is -1.96. The summed E-state index contributed by atoms with van der Waals surface area (Å²) >= 11 is 1.39. The molecule has 9 heteroatoms. The average Bonchev–Trinajstić information content (AvgIpc) is 3.22. The molecule has 0 N–H and O–H groups in total. The van der Waals surface area contributed by atoms with Crippen LogP contribution in [0.1, 0.15) is 0 Å². The van der Waals surface area contributed by atoms with Gasteiger partial charge in [0, 0.05) is 12.4 Å². The van der Waals surface area contributed by atoms with E-state index in [0.29, 0.717) is 28.0 Å². The predicted molar refractivity (Wildman–Crippen MR) is 88.2 cm³/mol. The minimum atomic E-state index is 0.537. The minimum absolute atomic E-state index is 0.537. The Balaban J connectivity index is 1.90. The second-order valence-electron chi connectivity index (χ2n) is 4.75. The van der Waals surface area contributed by atoms with Gasteiger partial charge in [-0.05, 0) is 12.1 Å². The van der Waals surface area contributed by atoms with E-state index < -0.39 is 0 Å². The normalized spacial score (nSPS) is 10.9. The van der Waals surface area contributed by atoms with E-state index in [0.717, 1.165) is 10.6 Å². The molecule has 0 saturated carbocycles. The number of hydrogen-bond acceptors (Lipinski definition) is 8. The zero-order valence-corrected chi connectivity index (χ0v) is 13.7. The first-order valence-corrected chi connectivity index (χ1v) is 7.83. The first-order valence-electron chi connectivity index (χ1n) is 7.02.